The van der Waals surface area contributed by atoms with Gasteiger partial charge in [0.05, 0.1) is 18.8 Å². The first-order valence-electron chi connectivity index (χ1n) is 13.8. The SMILES string of the molecule is CCCCS(=O)(=O)N[C@H](CC(=O)O)Cc1ccc(OCCCCC2CCN(C(=O)OC(C)(C)C)CC2)cc1. The monoisotopic (exact) mass is 554 g/mol. The summed E-state index contributed by atoms with van der Waals surface area (Å²) in [5.74, 6) is 0.308. The van der Waals surface area contributed by atoms with Gasteiger partial charge in [-0.3, -0.25) is 4.79 Å². The molecule has 1 heterocycles. The molecule has 2 rings (SSSR count). The van der Waals surface area contributed by atoms with Gasteiger partial charge in [0, 0.05) is 19.1 Å². The maximum absolute atomic E-state index is 12.2. The van der Waals surface area contributed by atoms with Crippen LogP contribution in [0.4, 0.5) is 4.79 Å². The van der Waals surface area contributed by atoms with Gasteiger partial charge < -0.3 is 19.5 Å². The Labute approximate surface area is 228 Å². The third-order valence-electron chi connectivity index (χ3n) is 6.48. The Morgan fingerprint density at radius 2 is 1.76 bits per heavy atom. The van der Waals surface area contributed by atoms with Crippen molar-refractivity contribution in [3.05, 3.63) is 29.8 Å². The molecular formula is C28H46N2O7S. The highest BCUT2D eigenvalue weighted by Crippen LogP contribution is 2.24. The number of amides is 1. The lowest BCUT2D eigenvalue weighted by atomic mass is 9.92. The summed E-state index contributed by atoms with van der Waals surface area (Å²) >= 11 is 0. The number of likely N-dealkylation sites (tertiary alicyclic amines) is 1. The van der Waals surface area contributed by atoms with Gasteiger partial charge in [-0.15, -0.1) is 0 Å². The Kier molecular flexibility index (Phi) is 12.8. The fourth-order valence-corrected chi connectivity index (χ4v) is 5.94. The summed E-state index contributed by atoms with van der Waals surface area (Å²) in [6.07, 6.45) is 6.20. The molecule has 0 unspecified atom stereocenters. The molecule has 0 bridgehead atoms. The molecule has 216 valence electrons. The van der Waals surface area contributed by atoms with Gasteiger partial charge in [-0.1, -0.05) is 31.9 Å². The number of ether oxygens (including phenoxy) is 2. The highest BCUT2D eigenvalue weighted by Gasteiger charge is 2.26. The van der Waals surface area contributed by atoms with E-state index in [9.17, 15) is 23.1 Å². The van der Waals surface area contributed by atoms with Gasteiger partial charge in [0.25, 0.3) is 0 Å². The molecule has 9 nitrogen and oxygen atoms in total. The zero-order chi connectivity index (χ0) is 28.2. The van der Waals surface area contributed by atoms with Crippen molar-refractivity contribution in [2.24, 2.45) is 5.92 Å². The van der Waals surface area contributed by atoms with Gasteiger partial charge in [0.2, 0.25) is 10.0 Å². The fourth-order valence-electron chi connectivity index (χ4n) is 4.48. The first-order valence-corrected chi connectivity index (χ1v) is 15.4. The van der Waals surface area contributed by atoms with Crippen molar-refractivity contribution >= 4 is 22.1 Å². The Bertz CT molecular complexity index is 966. The van der Waals surface area contributed by atoms with Gasteiger partial charge in [-0.25, -0.2) is 17.9 Å². The van der Waals surface area contributed by atoms with E-state index in [-0.39, 0.29) is 18.3 Å². The third kappa shape index (κ3) is 13.0. The Balaban J connectivity index is 1.69. The minimum Gasteiger partial charge on any atom is -0.494 e. The molecule has 1 amide bonds. The van der Waals surface area contributed by atoms with Gasteiger partial charge in [-0.2, -0.15) is 0 Å². The van der Waals surface area contributed by atoms with Crippen molar-refractivity contribution < 1.29 is 32.6 Å². The minimum absolute atomic E-state index is 0.00231. The molecular weight excluding hydrogens is 508 g/mol. The molecule has 0 spiro atoms. The molecule has 38 heavy (non-hydrogen) atoms. The van der Waals surface area contributed by atoms with Gasteiger partial charge in [0.1, 0.15) is 11.4 Å². The van der Waals surface area contributed by atoms with E-state index >= 15 is 0 Å². The van der Waals surface area contributed by atoms with Crippen LogP contribution in [0.2, 0.25) is 0 Å². The highest BCUT2D eigenvalue weighted by atomic mass is 32.2. The third-order valence-corrected chi connectivity index (χ3v) is 8.00. The predicted molar refractivity (Wildman–Crippen MR) is 148 cm³/mol. The molecule has 1 saturated heterocycles. The fraction of sp³-hybridized carbons (Fsp3) is 0.714. The zero-order valence-electron chi connectivity index (χ0n) is 23.4. The van der Waals surface area contributed by atoms with Crippen molar-refractivity contribution in [3.8, 4) is 5.75 Å². The molecule has 1 aromatic carbocycles. The number of hydrogen-bond acceptors (Lipinski definition) is 6. The smallest absolute Gasteiger partial charge is 0.410 e. The predicted octanol–water partition coefficient (Wildman–Crippen LogP) is 4.99. The van der Waals surface area contributed by atoms with Crippen LogP contribution in [0.3, 0.4) is 0 Å². The maximum Gasteiger partial charge on any atom is 0.410 e. The largest absolute Gasteiger partial charge is 0.494 e. The van der Waals surface area contributed by atoms with Crippen LogP contribution in [0.15, 0.2) is 24.3 Å². The number of carboxylic acid groups (broad SMARTS) is 1. The molecule has 10 heteroatoms. The molecule has 1 aliphatic rings. The number of rotatable bonds is 15. The van der Waals surface area contributed by atoms with Crippen molar-refractivity contribution in [2.75, 3.05) is 25.4 Å². The summed E-state index contributed by atoms with van der Waals surface area (Å²) in [5, 5.41) is 9.20. The summed E-state index contributed by atoms with van der Waals surface area (Å²) in [6.45, 7) is 9.66. The van der Waals surface area contributed by atoms with Crippen molar-refractivity contribution in [1.82, 2.24) is 9.62 Å². The molecule has 0 aliphatic carbocycles. The molecule has 0 saturated carbocycles. The van der Waals surface area contributed by atoms with Crippen LogP contribution in [-0.4, -0.2) is 67.6 Å². The summed E-state index contributed by atoms with van der Waals surface area (Å²) in [4.78, 5) is 25.2. The second kappa shape index (κ2) is 15.3. The van der Waals surface area contributed by atoms with Crippen molar-refractivity contribution in [1.29, 1.82) is 0 Å². The topological polar surface area (TPSA) is 122 Å². The standard InChI is InChI=1S/C28H46N2O7S/c1-5-6-19-38(34,35)29-24(21-26(31)32)20-23-10-12-25(13-11-23)36-18-8-7-9-22-14-16-30(17-15-22)27(33)37-28(2,3)4/h10-13,22,24,29H,5-9,14-21H2,1-4H3,(H,31,32)/t24-/m0/s1. The van der Waals surface area contributed by atoms with Crippen LogP contribution in [0.1, 0.15) is 84.6 Å². The van der Waals surface area contributed by atoms with Crippen LogP contribution in [-0.2, 0) is 26.0 Å². The van der Waals surface area contributed by atoms with Crippen LogP contribution in [0.25, 0.3) is 0 Å². The molecule has 1 aromatic rings. The molecule has 0 aromatic heterocycles. The first kappa shape index (κ1) is 31.9. The van der Waals surface area contributed by atoms with Crippen LogP contribution >= 0.6 is 0 Å². The summed E-state index contributed by atoms with van der Waals surface area (Å²) in [6, 6.07) is 6.68. The van der Waals surface area contributed by atoms with E-state index in [1.807, 2.05) is 52.0 Å². The van der Waals surface area contributed by atoms with Crippen LogP contribution in [0.5, 0.6) is 5.75 Å². The lowest BCUT2D eigenvalue weighted by Gasteiger charge is -2.33. The number of piperidine rings is 1. The lowest BCUT2D eigenvalue weighted by molar-refractivity contribution is -0.137. The second-order valence-corrected chi connectivity index (χ2v) is 13.1. The van der Waals surface area contributed by atoms with E-state index < -0.39 is 27.6 Å². The molecule has 0 radical (unpaired) electrons. The first-order chi connectivity index (χ1) is 17.9. The Morgan fingerprint density at radius 3 is 2.34 bits per heavy atom. The average Bonchev–Trinajstić information content (AvgIpc) is 2.82. The van der Waals surface area contributed by atoms with Gasteiger partial charge in [-0.05, 0) is 82.9 Å². The zero-order valence-corrected chi connectivity index (χ0v) is 24.2. The van der Waals surface area contributed by atoms with E-state index in [0.717, 1.165) is 62.9 Å². The van der Waals surface area contributed by atoms with Crippen molar-refractivity contribution in [2.45, 2.75) is 97.1 Å². The molecule has 1 aliphatic heterocycles. The Morgan fingerprint density at radius 1 is 1.11 bits per heavy atom. The number of hydrogen-bond donors (Lipinski definition) is 2. The van der Waals surface area contributed by atoms with Gasteiger partial charge >= 0.3 is 12.1 Å². The van der Waals surface area contributed by atoms with E-state index in [1.165, 1.54) is 0 Å². The number of nitrogens with one attached hydrogen (secondary N) is 1. The number of carbonyl (C=O) groups excluding carboxylic acids is 1. The summed E-state index contributed by atoms with van der Waals surface area (Å²) < 4.78 is 38.4. The summed E-state index contributed by atoms with van der Waals surface area (Å²) in [5.41, 5.74) is 0.380. The quantitative estimate of drug-likeness (QED) is 0.293. The van der Waals surface area contributed by atoms with Crippen LogP contribution in [0, 0.1) is 5.92 Å². The van der Waals surface area contributed by atoms with Crippen LogP contribution < -0.4 is 9.46 Å². The van der Waals surface area contributed by atoms with E-state index in [0.29, 0.717) is 25.4 Å². The number of unbranched alkanes of at least 4 members (excludes halogenated alkanes) is 2. The minimum atomic E-state index is -3.52. The van der Waals surface area contributed by atoms with E-state index in [2.05, 4.69) is 4.72 Å². The Hall–Kier alpha value is -2.33. The number of benzene rings is 1. The highest BCUT2D eigenvalue weighted by molar-refractivity contribution is 7.89. The molecule has 2 N–H and O–H groups in total. The van der Waals surface area contributed by atoms with Gasteiger partial charge in [0.15, 0.2) is 0 Å². The number of aliphatic carboxylic acids is 1. The van der Waals surface area contributed by atoms with E-state index in [1.54, 1.807) is 4.90 Å². The van der Waals surface area contributed by atoms with Crippen molar-refractivity contribution in [3.63, 3.8) is 0 Å². The maximum atomic E-state index is 12.2. The number of carboxylic acids is 1. The second-order valence-electron chi connectivity index (χ2n) is 11.2. The van der Waals surface area contributed by atoms with E-state index in [4.69, 9.17) is 9.47 Å². The summed E-state index contributed by atoms with van der Waals surface area (Å²) in [7, 11) is -3.52. The average molecular weight is 555 g/mol. The molecule has 1 atom stereocenters. The normalized spacial score (nSPS) is 15.7. The molecule has 1 fully saturated rings. The number of nitrogens with zero attached hydrogens (tertiary/aromatic N) is 1. The number of carbonyl (C=O) groups is 2. The number of sulfonamides is 1. The lowest BCUT2D eigenvalue weighted by Crippen LogP contribution is -2.41.